The van der Waals surface area contributed by atoms with Crippen molar-refractivity contribution in [2.24, 2.45) is 5.41 Å². The summed E-state index contributed by atoms with van der Waals surface area (Å²) in [6.45, 7) is 12.8. The third kappa shape index (κ3) is 9.88. The fourth-order valence-corrected chi connectivity index (χ4v) is 3.53. The van der Waals surface area contributed by atoms with Crippen molar-refractivity contribution >= 4 is 17.8 Å². The molecule has 0 unspecified atom stereocenters. The van der Waals surface area contributed by atoms with Crippen LogP contribution in [0.3, 0.4) is 0 Å². The average molecular weight is 525 g/mol. The number of aryl methyl sites for hydroxylation is 1. The maximum absolute atomic E-state index is 13.0. The fourth-order valence-electron chi connectivity index (χ4n) is 3.53. The summed E-state index contributed by atoms with van der Waals surface area (Å²) in [6, 6.07) is 10.8. The lowest BCUT2D eigenvalue weighted by molar-refractivity contribution is -0.159. The number of allylic oxidation sites excluding steroid dienone is 1. The molecule has 0 saturated heterocycles. The lowest BCUT2D eigenvalue weighted by Gasteiger charge is -2.18. The summed E-state index contributed by atoms with van der Waals surface area (Å²) >= 11 is 0. The molecule has 2 rings (SSSR count). The molecule has 0 spiro atoms. The number of benzene rings is 2. The number of ether oxygens (including phenoxy) is 4. The van der Waals surface area contributed by atoms with E-state index in [1.165, 1.54) is 0 Å². The highest BCUT2D eigenvalue weighted by Crippen LogP contribution is 2.35. The molecular weight excluding hydrogens is 480 g/mol. The Morgan fingerprint density at radius 3 is 2.08 bits per heavy atom. The van der Waals surface area contributed by atoms with Crippen LogP contribution >= 0.6 is 0 Å². The third-order valence-corrected chi connectivity index (χ3v) is 5.82. The van der Waals surface area contributed by atoms with E-state index >= 15 is 0 Å². The SMILES string of the molecule is CCCCOc1ccc(CCC)c(OCCCC)c1C=CC(=O)c1ccc(OCOC(=O)C(C)(C)C)cc1. The van der Waals surface area contributed by atoms with Gasteiger partial charge in [-0.15, -0.1) is 0 Å². The van der Waals surface area contributed by atoms with Gasteiger partial charge in [0.2, 0.25) is 6.79 Å². The Labute approximate surface area is 228 Å². The number of unbranched alkanes of at least 4 members (excludes halogenated alkanes) is 2. The number of rotatable bonds is 16. The predicted molar refractivity (Wildman–Crippen MR) is 152 cm³/mol. The first-order valence-corrected chi connectivity index (χ1v) is 13.7. The van der Waals surface area contributed by atoms with Gasteiger partial charge in [0.05, 0.1) is 24.2 Å². The minimum Gasteiger partial charge on any atom is -0.493 e. The average Bonchev–Trinajstić information content (AvgIpc) is 2.89. The molecule has 0 radical (unpaired) electrons. The van der Waals surface area contributed by atoms with Gasteiger partial charge in [0, 0.05) is 5.56 Å². The Morgan fingerprint density at radius 1 is 0.816 bits per heavy atom. The summed E-state index contributed by atoms with van der Waals surface area (Å²) in [5, 5.41) is 0. The van der Waals surface area contributed by atoms with Crippen molar-refractivity contribution < 1.29 is 28.5 Å². The van der Waals surface area contributed by atoms with Crippen LogP contribution in [0, 0.1) is 5.41 Å². The Morgan fingerprint density at radius 2 is 1.47 bits per heavy atom. The fraction of sp³-hybridized carbons (Fsp3) is 0.500. The second kappa shape index (κ2) is 15.9. The Hall–Kier alpha value is -3.28. The standard InChI is InChI=1S/C32H44O6/c1-7-10-21-35-29-20-15-25(12-9-3)30(36-22-11-8-2)27(29)18-19-28(33)24-13-16-26(17-14-24)37-23-38-31(34)32(4,5)6/h13-20H,7-12,21-23H2,1-6H3. The normalized spacial score (nSPS) is 11.4. The van der Waals surface area contributed by atoms with Crippen molar-refractivity contribution in [3.8, 4) is 17.2 Å². The largest absolute Gasteiger partial charge is 0.493 e. The Balaban J connectivity index is 2.21. The van der Waals surface area contributed by atoms with E-state index in [2.05, 4.69) is 26.8 Å². The number of carbonyl (C=O) groups is 2. The third-order valence-electron chi connectivity index (χ3n) is 5.82. The molecule has 0 amide bonds. The van der Waals surface area contributed by atoms with Gasteiger partial charge in [-0.05, 0) is 88.1 Å². The van der Waals surface area contributed by atoms with Crippen LogP contribution in [0.4, 0.5) is 0 Å². The minimum absolute atomic E-state index is 0.143. The van der Waals surface area contributed by atoms with E-state index in [4.69, 9.17) is 18.9 Å². The van der Waals surface area contributed by atoms with E-state index < -0.39 is 5.41 Å². The van der Waals surface area contributed by atoms with E-state index in [-0.39, 0.29) is 18.5 Å². The lowest BCUT2D eigenvalue weighted by Crippen LogP contribution is -2.24. The zero-order valence-corrected chi connectivity index (χ0v) is 23.9. The van der Waals surface area contributed by atoms with E-state index in [0.29, 0.717) is 24.5 Å². The molecule has 0 aliphatic rings. The topological polar surface area (TPSA) is 71.1 Å². The molecular formula is C32H44O6. The van der Waals surface area contributed by atoms with Crippen LogP contribution in [0.15, 0.2) is 42.5 Å². The van der Waals surface area contributed by atoms with Gasteiger partial charge in [-0.2, -0.15) is 0 Å². The van der Waals surface area contributed by atoms with Gasteiger partial charge in [0.25, 0.3) is 0 Å². The highest BCUT2D eigenvalue weighted by Gasteiger charge is 2.23. The first-order chi connectivity index (χ1) is 18.2. The van der Waals surface area contributed by atoms with E-state index in [1.807, 2.05) is 6.07 Å². The van der Waals surface area contributed by atoms with Gasteiger partial charge < -0.3 is 18.9 Å². The Bertz CT molecular complexity index is 1050. The second-order valence-electron chi connectivity index (χ2n) is 10.3. The lowest BCUT2D eigenvalue weighted by atomic mass is 9.98. The van der Waals surface area contributed by atoms with Crippen molar-refractivity contribution in [2.75, 3.05) is 20.0 Å². The molecule has 0 aromatic heterocycles. The Kier molecular flexibility index (Phi) is 12.9. The van der Waals surface area contributed by atoms with E-state index in [0.717, 1.165) is 61.2 Å². The van der Waals surface area contributed by atoms with Gasteiger partial charge >= 0.3 is 5.97 Å². The molecule has 2 aromatic carbocycles. The molecule has 0 bridgehead atoms. The maximum Gasteiger partial charge on any atom is 0.314 e. The zero-order valence-electron chi connectivity index (χ0n) is 23.9. The predicted octanol–water partition coefficient (Wildman–Crippen LogP) is 7.82. The van der Waals surface area contributed by atoms with Crippen molar-refractivity contribution in [1.29, 1.82) is 0 Å². The summed E-state index contributed by atoms with van der Waals surface area (Å²) in [7, 11) is 0. The molecule has 0 aliphatic heterocycles. The number of ketones is 1. The molecule has 0 aliphatic carbocycles. The number of esters is 1. The molecule has 208 valence electrons. The minimum atomic E-state index is -0.593. The first kappa shape index (κ1) is 30.9. The summed E-state index contributed by atoms with van der Waals surface area (Å²) in [4.78, 5) is 24.9. The van der Waals surface area contributed by atoms with Gasteiger partial charge in [-0.1, -0.05) is 46.1 Å². The van der Waals surface area contributed by atoms with Crippen molar-refractivity contribution in [3.05, 3.63) is 59.2 Å². The number of carbonyl (C=O) groups excluding carboxylic acids is 2. The van der Waals surface area contributed by atoms with Crippen molar-refractivity contribution in [3.63, 3.8) is 0 Å². The van der Waals surface area contributed by atoms with Crippen LogP contribution in [0.2, 0.25) is 0 Å². The summed E-state index contributed by atoms with van der Waals surface area (Å²) < 4.78 is 23.0. The monoisotopic (exact) mass is 524 g/mol. The van der Waals surface area contributed by atoms with Gasteiger partial charge in [0.1, 0.15) is 17.2 Å². The van der Waals surface area contributed by atoms with Crippen molar-refractivity contribution in [1.82, 2.24) is 0 Å². The molecule has 0 N–H and O–H groups in total. The molecule has 0 atom stereocenters. The van der Waals surface area contributed by atoms with Crippen LogP contribution in [0.25, 0.3) is 6.08 Å². The number of hydrogen-bond acceptors (Lipinski definition) is 6. The molecule has 38 heavy (non-hydrogen) atoms. The van der Waals surface area contributed by atoms with Crippen LogP contribution in [-0.4, -0.2) is 31.8 Å². The molecule has 0 fully saturated rings. The zero-order chi connectivity index (χ0) is 28.0. The maximum atomic E-state index is 13.0. The van der Waals surface area contributed by atoms with Crippen LogP contribution in [0.5, 0.6) is 17.2 Å². The molecule has 0 heterocycles. The molecule has 0 saturated carbocycles. The molecule has 6 nitrogen and oxygen atoms in total. The van der Waals surface area contributed by atoms with Crippen LogP contribution in [0.1, 0.15) is 95.1 Å². The summed E-state index contributed by atoms with van der Waals surface area (Å²) in [5.74, 6) is 1.55. The van der Waals surface area contributed by atoms with Gasteiger partial charge in [-0.3, -0.25) is 9.59 Å². The number of hydrogen-bond donors (Lipinski definition) is 0. The molecule has 6 heteroatoms. The molecule has 2 aromatic rings. The smallest absolute Gasteiger partial charge is 0.314 e. The summed E-state index contributed by atoms with van der Waals surface area (Å²) in [6.07, 6.45) is 9.23. The highest BCUT2D eigenvalue weighted by molar-refractivity contribution is 6.07. The second-order valence-corrected chi connectivity index (χ2v) is 10.3. The van der Waals surface area contributed by atoms with E-state index in [1.54, 1.807) is 57.2 Å². The van der Waals surface area contributed by atoms with Crippen LogP contribution < -0.4 is 14.2 Å². The van der Waals surface area contributed by atoms with Gasteiger partial charge in [0.15, 0.2) is 5.78 Å². The van der Waals surface area contributed by atoms with Crippen LogP contribution in [-0.2, 0) is 16.0 Å². The summed E-state index contributed by atoms with van der Waals surface area (Å²) in [5.41, 5.74) is 1.85. The quantitative estimate of drug-likeness (QED) is 0.0733. The van der Waals surface area contributed by atoms with E-state index in [9.17, 15) is 9.59 Å². The highest BCUT2D eigenvalue weighted by atomic mass is 16.7. The first-order valence-electron chi connectivity index (χ1n) is 13.7. The van der Waals surface area contributed by atoms with Gasteiger partial charge in [-0.25, -0.2) is 0 Å². The van der Waals surface area contributed by atoms with Crippen molar-refractivity contribution in [2.45, 2.75) is 80.1 Å².